The molecule has 0 rings (SSSR count). The molecule has 0 aromatic rings. The molecule has 0 heterocycles. The maximum atomic E-state index is 12.3. The Balaban J connectivity index is 5.17. The minimum Gasteiger partial charge on any atom is -0.481 e. The Bertz CT molecular complexity index is 567. The zero-order valence-electron chi connectivity index (χ0n) is 14.5. The highest BCUT2D eigenvalue weighted by molar-refractivity contribution is 5.94. The summed E-state index contributed by atoms with van der Waals surface area (Å²) in [5.41, 5.74) is 5.30. The minimum absolute atomic E-state index is 0.358. The van der Waals surface area contributed by atoms with E-state index in [0.717, 1.165) is 0 Å². The summed E-state index contributed by atoms with van der Waals surface area (Å²) in [5.74, 6) is -5.51. The van der Waals surface area contributed by atoms with E-state index >= 15 is 0 Å². The Morgan fingerprint density at radius 2 is 1.56 bits per heavy atom. The van der Waals surface area contributed by atoms with Crippen LogP contribution in [0, 0.1) is 0 Å². The number of hydrogen-bond donors (Lipinski definition) is 8. The molecule has 13 nitrogen and oxygen atoms in total. The number of nitrogens with two attached hydrogens (primary N) is 1. The van der Waals surface area contributed by atoms with Gasteiger partial charge in [0.25, 0.3) is 0 Å². The van der Waals surface area contributed by atoms with E-state index in [-0.39, 0.29) is 6.42 Å². The number of amides is 3. The number of aliphatic hydroxyl groups is 2. The lowest BCUT2D eigenvalue weighted by Crippen LogP contribution is -2.59. The molecule has 0 fully saturated rings. The average Bonchev–Trinajstić information content (AvgIpc) is 2.59. The van der Waals surface area contributed by atoms with Gasteiger partial charge in [-0.25, -0.2) is 0 Å². The van der Waals surface area contributed by atoms with Crippen LogP contribution in [-0.4, -0.2) is 87.5 Å². The van der Waals surface area contributed by atoms with Crippen molar-refractivity contribution in [1.29, 1.82) is 0 Å². The molecule has 0 saturated carbocycles. The topological polar surface area (TPSA) is 228 Å². The van der Waals surface area contributed by atoms with Crippen molar-refractivity contribution in [3.8, 4) is 0 Å². The molecule has 0 bridgehead atoms. The van der Waals surface area contributed by atoms with Gasteiger partial charge in [0.2, 0.25) is 17.7 Å². The zero-order chi connectivity index (χ0) is 21.1. The van der Waals surface area contributed by atoms with Crippen molar-refractivity contribution in [2.75, 3.05) is 13.2 Å². The van der Waals surface area contributed by atoms with E-state index < -0.39 is 73.5 Å². The number of carboxylic acids is 2. The normalized spacial score (nSPS) is 15.0. The first kappa shape index (κ1) is 24.2. The molecule has 0 radical (unpaired) electrons. The fourth-order valence-corrected chi connectivity index (χ4v) is 1.83. The third-order valence-corrected chi connectivity index (χ3v) is 3.29. The zero-order valence-corrected chi connectivity index (χ0v) is 14.5. The van der Waals surface area contributed by atoms with E-state index in [1.165, 1.54) is 6.92 Å². The first-order valence-corrected chi connectivity index (χ1v) is 7.86. The van der Waals surface area contributed by atoms with Gasteiger partial charge >= 0.3 is 11.9 Å². The molecule has 4 unspecified atom stereocenters. The van der Waals surface area contributed by atoms with Crippen molar-refractivity contribution in [2.24, 2.45) is 5.73 Å². The second kappa shape index (κ2) is 11.8. The first-order valence-electron chi connectivity index (χ1n) is 7.86. The van der Waals surface area contributed by atoms with Gasteiger partial charge in [-0.3, -0.25) is 24.0 Å². The van der Waals surface area contributed by atoms with E-state index in [0.29, 0.717) is 0 Å². The molecule has 9 N–H and O–H groups in total. The molecular formula is C14H24N4O9. The summed E-state index contributed by atoms with van der Waals surface area (Å²) in [6, 6.07) is -4.31. The molecule has 0 aliphatic heterocycles. The summed E-state index contributed by atoms with van der Waals surface area (Å²) >= 11 is 0. The molecule has 0 spiro atoms. The Morgan fingerprint density at radius 3 is 2.00 bits per heavy atom. The summed E-state index contributed by atoms with van der Waals surface area (Å²) in [7, 11) is 0. The SMILES string of the molecule is CC(O)C(NC(=O)C(N)CO)C(=O)NC(CCC(=O)O)C(=O)NCC(=O)O. The van der Waals surface area contributed by atoms with Crippen molar-refractivity contribution in [2.45, 2.75) is 44.0 Å². The van der Waals surface area contributed by atoms with Crippen LogP contribution in [0.3, 0.4) is 0 Å². The van der Waals surface area contributed by atoms with E-state index in [4.69, 9.17) is 21.1 Å². The number of aliphatic hydroxyl groups excluding tert-OH is 2. The van der Waals surface area contributed by atoms with Gasteiger partial charge in [-0.2, -0.15) is 0 Å². The van der Waals surface area contributed by atoms with Crippen LogP contribution in [0.1, 0.15) is 19.8 Å². The van der Waals surface area contributed by atoms with Gasteiger partial charge in [0, 0.05) is 6.42 Å². The molecule has 0 aliphatic carbocycles. The summed E-state index contributed by atoms with van der Waals surface area (Å²) in [4.78, 5) is 57.2. The maximum Gasteiger partial charge on any atom is 0.322 e. The van der Waals surface area contributed by atoms with Crippen molar-refractivity contribution >= 4 is 29.7 Å². The molecule has 3 amide bonds. The number of nitrogens with one attached hydrogen (secondary N) is 3. The first-order chi connectivity index (χ1) is 12.5. The standard InChI is InChI=1S/C14H24N4O9/c1-6(20)11(18-12(25)7(15)5-19)14(27)17-8(2-3-9(21)22)13(26)16-4-10(23)24/h6-8,11,19-20H,2-5,15H2,1H3,(H,16,26)(H,17,27)(H,18,25)(H,21,22)(H,23,24). The Labute approximate surface area is 153 Å². The predicted molar refractivity (Wildman–Crippen MR) is 88.1 cm³/mol. The average molecular weight is 392 g/mol. The van der Waals surface area contributed by atoms with Gasteiger partial charge in [0.15, 0.2) is 0 Å². The van der Waals surface area contributed by atoms with Crippen LogP contribution < -0.4 is 21.7 Å². The van der Waals surface area contributed by atoms with Crippen molar-refractivity contribution < 1.29 is 44.4 Å². The Kier molecular flexibility index (Phi) is 10.6. The highest BCUT2D eigenvalue weighted by Crippen LogP contribution is 2.02. The highest BCUT2D eigenvalue weighted by atomic mass is 16.4. The maximum absolute atomic E-state index is 12.3. The van der Waals surface area contributed by atoms with Crippen molar-refractivity contribution in [3.05, 3.63) is 0 Å². The lowest BCUT2D eigenvalue weighted by Gasteiger charge is -2.25. The molecular weight excluding hydrogens is 368 g/mol. The van der Waals surface area contributed by atoms with Gasteiger partial charge < -0.3 is 42.1 Å². The van der Waals surface area contributed by atoms with E-state index in [2.05, 4.69) is 10.6 Å². The highest BCUT2D eigenvalue weighted by Gasteiger charge is 2.31. The van der Waals surface area contributed by atoms with Gasteiger partial charge in [0.05, 0.1) is 12.7 Å². The summed E-state index contributed by atoms with van der Waals surface area (Å²) in [6.07, 6.45) is -2.28. The Morgan fingerprint density at radius 1 is 0.963 bits per heavy atom. The van der Waals surface area contributed by atoms with E-state index in [1.54, 1.807) is 0 Å². The van der Waals surface area contributed by atoms with Crippen LogP contribution in [0.2, 0.25) is 0 Å². The lowest BCUT2D eigenvalue weighted by molar-refractivity contribution is -0.140. The van der Waals surface area contributed by atoms with Crippen molar-refractivity contribution in [3.63, 3.8) is 0 Å². The van der Waals surface area contributed by atoms with Crippen LogP contribution in [-0.2, 0) is 24.0 Å². The molecule has 0 aromatic carbocycles. The van der Waals surface area contributed by atoms with E-state index in [1.807, 2.05) is 5.32 Å². The number of hydrogen-bond acceptors (Lipinski definition) is 8. The second-order valence-electron chi connectivity index (χ2n) is 5.62. The molecule has 4 atom stereocenters. The van der Waals surface area contributed by atoms with Gasteiger partial charge in [0.1, 0.15) is 24.7 Å². The minimum atomic E-state index is -1.55. The molecule has 0 aromatic heterocycles. The molecule has 0 aliphatic rings. The number of carbonyl (C=O) groups excluding carboxylic acids is 3. The molecule has 154 valence electrons. The van der Waals surface area contributed by atoms with Crippen LogP contribution in [0.15, 0.2) is 0 Å². The van der Waals surface area contributed by atoms with Crippen molar-refractivity contribution in [1.82, 2.24) is 16.0 Å². The summed E-state index contributed by atoms with van der Waals surface area (Å²) < 4.78 is 0. The molecule has 13 heteroatoms. The monoisotopic (exact) mass is 392 g/mol. The smallest absolute Gasteiger partial charge is 0.322 e. The third kappa shape index (κ3) is 9.48. The van der Waals surface area contributed by atoms with Crippen LogP contribution >= 0.6 is 0 Å². The molecule has 0 saturated heterocycles. The molecule has 27 heavy (non-hydrogen) atoms. The largest absolute Gasteiger partial charge is 0.481 e. The van der Waals surface area contributed by atoms with Crippen LogP contribution in [0.25, 0.3) is 0 Å². The summed E-state index contributed by atoms with van der Waals surface area (Å²) in [5, 5.41) is 42.1. The van der Waals surface area contributed by atoms with Gasteiger partial charge in [-0.05, 0) is 13.3 Å². The van der Waals surface area contributed by atoms with Crippen LogP contribution in [0.5, 0.6) is 0 Å². The predicted octanol–water partition coefficient (Wildman–Crippen LogP) is -4.28. The fourth-order valence-electron chi connectivity index (χ4n) is 1.83. The number of carbonyl (C=O) groups is 5. The van der Waals surface area contributed by atoms with Gasteiger partial charge in [-0.1, -0.05) is 0 Å². The lowest BCUT2D eigenvalue weighted by atomic mass is 10.1. The number of carboxylic acid groups (broad SMARTS) is 2. The third-order valence-electron chi connectivity index (χ3n) is 3.29. The second-order valence-corrected chi connectivity index (χ2v) is 5.62. The van der Waals surface area contributed by atoms with Crippen LogP contribution in [0.4, 0.5) is 0 Å². The van der Waals surface area contributed by atoms with E-state index in [9.17, 15) is 29.1 Å². The summed E-state index contributed by atoms with van der Waals surface area (Å²) in [6.45, 7) is -0.287. The Hall–Kier alpha value is -2.77. The quantitative estimate of drug-likeness (QED) is 0.159. The number of rotatable bonds is 12. The fraction of sp³-hybridized carbons (Fsp3) is 0.643. The van der Waals surface area contributed by atoms with Gasteiger partial charge in [-0.15, -0.1) is 0 Å². The number of aliphatic carboxylic acids is 2.